The SMILES string of the molecule is CCC1(CC)CC(=O)N(Cc2cccc(C(=O)N[C@H]3CCOc4ccccc43)n2)C(N)=N1. The summed E-state index contributed by atoms with van der Waals surface area (Å²) in [5.74, 6) is 0.660. The third kappa shape index (κ3) is 4.30. The molecule has 1 atom stereocenters. The minimum Gasteiger partial charge on any atom is -0.493 e. The Bertz CT molecular complexity index is 1050. The summed E-state index contributed by atoms with van der Waals surface area (Å²) in [6.45, 7) is 4.76. The van der Waals surface area contributed by atoms with E-state index in [-0.39, 0.29) is 30.4 Å². The fraction of sp³-hybridized carbons (Fsp3) is 0.417. The second-order valence-corrected chi connectivity index (χ2v) is 8.27. The molecule has 0 spiro atoms. The number of hydrogen-bond donors (Lipinski definition) is 2. The number of guanidine groups is 1. The van der Waals surface area contributed by atoms with Crippen LogP contribution in [-0.4, -0.2) is 39.8 Å². The van der Waals surface area contributed by atoms with Crippen molar-refractivity contribution in [2.45, 2.75) is 57.7 Å². The molecule has 2 aromatic rings. The number of para-hydroxylation sites is 1. The quantitative estimate of drug-likeness (QED) is 0.725. The van der Waals surface area contributed by atoms with Gasteiger partial charge in [-0.05, 0) is 31.0 Å². The molecule has 4 rings (SSSR count). The highest BCUT2D eigenvalue weighted by atomic mass is 16.5. The van der Waals surface area contributed by atoms with Crippen LogP contribution in [0, 0.1) is 0 Å². The molecule has 1 aromatic carbocycles. The number of rotatable bonds is 6. The molecule has 0 bridgehead atoms. The normalized spacial score (nSPS) is 19.6. The number of carbonyl (C=O) groups excluding carboxylic acids is 2. The Hall–Kier alpha value is -3.42. The Kier molecular flexibility index (Phi) is 6.12. The number of pyridine rings is 1. The summed E-state index contributed by atoms with van der Waals surface area (Å²) in [5.41, 5.74) is 7.56. The standard InChI is InChI=1S/C24H29N5O3/c1-3-24(4-2)14-21(30)29(23(25)28-24)15-16-8-7-10-19(26-16)22(31)27-18-12-13-32-20-11-6-5-9-17(18)20/h5-11,18H,3-4,12-15H2,1-2H3,(H2,25,28)(H,27,31)/t18-/m0/s1. The Morgan fingerprint density at radius 1 is 1.22 bits per heavy atom. The first-order chi connectivity index (χ1) is 15.4. The molecule has 0 saturated heterocycles. The van der Waals surface area contributed by atoms with Crippen molar-refractivity contribution in [2.75, 3.05) is 6.61 Å². The molecule has 0 saturated carbocycles. The lowest BCUT2D eigenvalue weighted by Crippen LogP contribution is -2.50. The van der Waals surface area contributed by atoms with Crippen molar-refractivity contribution in [3.8, 4) is 5.75 Å². The highest BCUT2D eigenvalue weighted by Crippen LogP contribution is 2.32. The van der Waals surface area contributed by atoms with Gasteiger partial charge in [0, 0.05) is 12.0 Å². The number of benzene rings is 1. The van der Waals surface area contributed by atoms with Crippen LogP contribution in [0.3, 0.4) is 0 Å². The van der Waals surface area contributed by atoms with Gasteiger partial charge in [0.2, 0.25) is 5.91 Å². The Labute approximate surface area is 187 Å². The van der Waals surface area contributed by atoms with E-state index in [1.807, 2.05) is 38.1 Å². The van der Waals surface area contributed by atoms with E-state index in [0.717, 1.165) is 24.2 Å². The van der Waals surface area contributed by atoms with Crippen molar-refractivity contribution < 1.29 is 14.3 Å². The highest BCUT2D eigenvalue weighted by Gasteiger charge is 2.37. The second-order valence-electron chi connectivity index (χ2n) is 8.27. The number of fused-ring (bicyclic) bond motifs is 1. The van der Waals surface area contributed by atoms with Gasteiger partial charge in [-0.15, -0.1) is 0 Å². The molecule has 0 fully saturated rings. The molecular formula is C24H29N5O3. The maximum atomic E-state index is 12.9. The minimum absolute atomic E-state index is 0.0725. The maximum Gasteiger partial charge on any atom is 0.270 e. The van der Waals surface area contributed by atoms with E-state index in [4.69, 9.17) is 10.5 Å². The van der Waals surface area contributed by atoms with E-state index >= 15 is 0 Å². The van der Waals surface area contributed by atoms with Crippen molar-refractivity contribution in [3.05, 3.63) is 59.4 Å². The largest absolute Gasteiger partial charge is 0.493 e. The summed E-state index contributed by atoms with van der Waals surface area (Å²) in [5, 5.41) is 3.06. The number of hydrogen-bond acceptors (Lipinski definition) is 6. The van der Waals surface area contributed by atoms with Crippen LogP contribution in [0.1, 0.15) is 67.3 Å². The lowest BCUT2D eigenvalue weighted by Gasteiger charge is -2.36. The predicted octanol–water partition coefficient (Wildman–Crippen LogP) is 2.94. The molecule has 3 N–H and O–H groups in total. The van der Waals surface area contributed by atoms with Gasteiger partial charge in [0.15, 0.2) is 5.96 Å². The number of ether oxygens (including phenoxy) is 1. The third-order valence-electron chi connectivity index (χ3n) is 6.35. The van der Waals surface area contributed by atoms with Gasteiger partial charge in [-0.2, -0.15) is 0 Å². The van der Waals surface area contributed by atoms with Crippen molar-refractivity contribution >= 4 is 17.8 Å². The fourth-order valence-corrected chi connectivity index (χ4v) is 4.26. The Morgan fingerprint density at radius 3 is 2.75 bits per heavy atom. The van der Waals surface area contributed by atoms with Gasteiger partial charge in [0.1, 0.15) is 11.4 Å². The maximum absolute atomic E-state index is 12.9. The van der Waals surface area contributed by atoms with E-state index in [2.05, 4.69) is 15.3 Å². The number of aliphatic imine (C=N–C) groups is 1. The van der Waals surface area contributed by atoms with Crippen molar-refractivity contribution in [1.29, 1.82) is 0 Å². The molecule has 8 nitrogen and oxygen atoms in total. The van der Waals surface area contributed by atoms with Crippen LogP contribution in [0.5, 0.6) is 5.75 Å². The van der Waals surface area contributed by atoms with Crippen LogP contribution in [-0.2, 0) is 11.3 Å². The number of carbonyl (C=O) groups is 2. The summed E-state index contributed by atoms with van der Waals surface area (Å²) in [7, 11) is 0. The number of nitrogens with two attached hydrogens (primary N) is 1. The molecule has 0 radical (unpaired) electrons. The van der Waals surface area contributed by atoms with Gasteiger partial charge in [0.05, 0.1) is 36.8 Å². The van der Waals surface area contributed by atoms with E-state index in [1.165, 1.54) is 4.90 Å². The topological polar surface area (TPSA) is 110 Å². The van der Waals surface area contributed by atoms with Gasteiger partial charge in [0.25, 0.3) is 5.91 Å². The van der Waals surface area contributed by atoms with E-state index in [1.54, 1.807) is 18.2 Å². The minimum atomic E-state index is -0.424. The fourth-order valence-electron chi connectivity index (χ4n) is 4.26. The van der Waals surface area contributed by atoms with Crippen molar-refractivity contribution in [1.82, 2.24) is 15.2 Å². The van der Waals surface area contributed by atoms with Gasteiger partial charge >= 0.3 is 0 Å². The van der Waals surface area contributed by atoms with E-state index < -0.39 is 5.54 Å². The second kappa shape index (κ2) is 8.98. The van der Waals surface area contributed by atoms with Gasteiger partial charge in [-0.1, -0.05) is 38.1 Å². The molecule has 2 aliphatic heterocycles. The number of amides is 2. The van der Waals surface area contributed by atoms with E-state index in [0.29, 0.717) is 30.8 Å². The molecule has 1 aromatic heterocycles. The summed E-state index contributed by atoms with van der Waals surface area (Å²) >= 11 is 0. The molecule has 8 heteroatoms. The first-order valence-electron chi connectivity index (χ1n) is 11.1. The number of aromatic nitrogens is 1. The molecule has 32 heavy (non-hydrogen) atoms. The van der Waals surface area contributed by atoms with Crippen LogP contribution < -0.4 is 15.8 Å². The molecule has 2 aliphatic rings. The summed E-state index contributed by atoms with van der Waals surface area (Å²) in [6.07, 6.45) is 2.53. The molecular weight excluding hydrogens is 406 g/mol. The summed E-state index contributed by atoms with van der Waals surface area (Å²) < 4.78 is 5.67. The lowest BCUT2D eigenvalue weighted by atomic mass is 9.88. The molecule has 3 heterocycles. The first kappa shape index (κ1) is 21.8. The molecule has 168 valence electrons. The highest BCUT2D eigenvalue weighted by molar-refractivity contribution is 5.99. The van der Waals surface area contributed by atoms with E-state index in [9.17, 15) is 9.59 Å². The smallest absolute Gasteiger partial charge is 0.270 e. The number of nitrogens with zero attached hydrogens (tertiary/aromatic N) is 3. The zero-order valence-electron chi connectivity index (χ0n) is 18.5. The average molecular weight is 436 g/mol. The van der Waals surface area contributed by atoms with Gasteiger partial charge in [-0.25, -0.2) is 9.98 Å². The van der Waals surface area contributed by atoms with Gasteiger partial charge in [-0.3, -0.25) is 14.5 Å². The Morgan fingerprint density at radius 2 is 2.00 bits per heavy atom. The molecule has 2 amide bonds. The lowest BCUT2D eigenvalue weighted by molar-refractivity contribution is -0.130. The van der Waals surface area contributed by atoms with Crippen LogP contribution in [0.25, 0.3) is 0 Å². The summed E-state index contributed by atoms with van der Waals surface area (Å²) in [4.78, 5) is 36.3. The third-order valence-corrected chi connectivity index (χ3v) is 6.35. The zero-order valence-corrected chi connectivity index (χ0v) is 18.5. The van der Waals surface area contributed by atoms with Crippen LogP contribution in [0.4, 0.5) is 0 Å². The molecule has 0 aliphatic carbocycles. The average Bonchev–Trinajstić information content (AvgIpc) is 2.81. The summed E-state index contributed by atoms with van der Waals surface area (Å²) in [6, 6.07) is 12.8. The first-order valence-corrected chi connectivity index (χ1v) is 11.1. The van der Waals surface area contributed by atoms with Crippen molar-refractivity contribution in [3.63, 3.8) is 0 Å². The van der Waals surface area contributed by atoms with Crippen LogP contribution in [0.15, 0.2) is 47.5 Å². The number of nitrogens with one attached hydrogen (secondary N) is 1. The van der Waals surface area contributed by atoms with Crippen LogP contribution in [0.2, 0.25) is 0 Å². The monoisotopic (exact) mass is 435 g/mol. The molecule has 0 unspecified atom stereocenters. The van der Waals surface area contributed by atoms with Crippen LogP contribution >= 0.6 is 0 Å². The van der Waals surface area contributed by atoms with Crippen molar-refractivity contribution in [2.24, 2.45) is 10.7 Å². The van der Waals surface area contributed by atoms with Gasteiger partial charge < -0.3 is 15.8 Å². The zero-order chi connectivity index (χ0) is 22.7. The Balaban J connectivity index is 1.49. The predicted molar refractivity (Wildman–Crippen MR) is 121 cm³/mol.